The van der Waals surface area contributed by atoms with E-state index in [1.54, 1.807) is 0 Å². The van der Waals surface area contributed by atoms with Gasteiger partial charge in [0.2, 0.25) is 0 Å². The molecule has 0 atom stereocenters. The number of nitrogens with two attached hydrogens (primary N) is 1. The predicted molar refractivity (Wildman–Crippen MR) is 89.5 cm³/mol. The van der Waals surface area contributed by atoms with E-state index < -0.39 is 0 Å². The second-order valence-corrected chi connectivity index (χ2v) is 7.24. The molecule has 98 valence electrons. The monoisotopic (exact) mass is 408 g/mol. The zero-order chi connectivity index (χ0) is 14.0. The Morgan fingerprint density at radius 2 is 1.70 bits per heavy atom. The Labute approximate surface area is 133 Å². The van der Waals surface area contributed by atoms with Crippen molar-refractivity contribution in [3.63, 3.8) is 0 Å². The molecular weight excluding hydrogens is 403 g/mol. The minimum atomic E-state index is 0.00514. The number of aromatic amines is 1. The van der Waals surface area contributed by atoms with Gasteiger partial charge in [-0.2, -0.15) is 0 Å². The lowest BCUT2D eigenvalue weighted by Crippen LogP contribution is -2.11. The number of anilines is 1. The van der Waals surface area contributed by atoms with Crippen LogP contribution in [-0.4, -0.2) is 10.5 Å². The third-order valence-electron chi connectivity index (χ3n) is 3.56. The van der Waals surface area contributed by atoms with E-state index in [-0.39, 0.29) is 5.78 Å². The van der Waals surface area contributed by atoms with Crippen molar-refractivity contribution in [3.8, 4) is 10.9 Å². The standard InChI is InChI=1S/C14H7Br2N2OP/c15-5-1-3-7(17)11-9(5)13(19)10-6(16)2-4-8-12(10)14(11)20-18-8/h1-4,18H,17H2. The summed E-state index contributed by atoms with van der Waals surface area (Å²) in [5.74, 6) is 0.00514. The zero-order valence-electron chi connectivity index (χ0n) is 10.00. The molecule has 2 aromatic carbocycles. The van der Waals surface area contributed by atoms with Crippen LogP contribution in [0.25, 0.3) is 21.8 Å². The fourth-order valence-electron chi connectivity index (χ4n) is 2.69. The Hall–Kier alpha value is -1.16. The number of carbonyl (C=O) groups excluding carboxylic acids is 1. The number of H-pyrrole nitrogens is 1. The van der Waals surface area contributed by atoms with Gasteiger partial charge in [0.1, 0.15) is 0 Å². The van der Waals surface area contributed by atoms with Crippen LogP contribution in [0.15, 0.2) is 33.2 Å². The van der Waals surface area contributed by atoms with Crippen LogP contribution in [0.1, 0.15) is 15.9 Å². The van der Waals surface area contributed by atoms with Crippen LogP contribution in [0.5, 0.6) is 0 Å². The van der Waals surface area contributed by atoms with E-state index in [4.69, 9.17) is 5.73 Å². The maximum absolute atomic E-state index is 12.9. The highest BCUT2D eigenvalue weighted by molar-refractivity contribution is 9.11. The molecule has 0 radical (unpaired) electrons. The molecule has 20 heavy (non-hydrogen) atoms. The van der Waals surface area contributed by atoms with Crippen LogP contribution < -0.4 is 5.73 Å². The van der Waals surface area contributed by atoms with E-state index in [9.17, 15) is 4.79 Å². The first-order valence-electron chi connectivity index (χ1n) is 5.89. The molecule has 3 nitrogen and oxygen atoms in total. The van der Waals surface area contributed by atoms with Crippen molar-refractivity contribution in [1.29, 1.82) is 0 Å². The van der Waals surface area contributed by atoms with Gasteiger partial charge in [0.05, 0.1) is 5.52 Å². The van der Waals surface area contributed by atoms with Crippen molar-refractivity contribution in [2.75, 3.05) is 5.73 Å². The highest BCUT2D eigenvalue weighted by Crippen LogP contribution is 2.49. The topological polar surface area (TPSA) is 58.9 Å². The minimum absolute atomic E-state index is 0.00514. The van der Waals surface area contributed by atoms with Gasteiger partial charge in [-0.25, -0.2) is 0 Å². The van der Waals surface area contributed by atoms with Gasteiger partial charge in [-0.1, -0.05) is 31.9 Å². The molecule has 6 heteroatoms. The highest BCUT2D eigenvalue weighted by Gasteiger charge is 2.31. The SMILES string of the molecule is Nc1ccc(Br)c2c1-c1p[nH]c3ccc(Br)c(c13)C2=O. The van der Waals surface area contributed by atoms with Gasteiger partial charge in [0.25, 0.3) is 0 Å². The molecule has 0 unspecified atom stereocenters. The number of nitrogen functional groups attached to an aromatic ring is 1. The largest absolute Gasteiger partial charge is 0.398 e. The number of rotatable bonds is 0. The molecule has 0 saturated heterocycles. The van der Waals surface area contributed by atoms with Crippen LogP contribution >= 0.6 is 40.2 Å². The van der Waals surface area contributed by atoms with Crippen LogP contribution in [-0.2, 0) is 0 Å². The van der Waals surface area contributed by atoms with Gasteiger partial charge in [-0.05, 0) is 24.3 Å². The number of hydrogen-bond acceptors (Lipinski definition) is 2. The smallest absolute Gasteiger partial charge is 0.196 e. The summed E-state index contributed by atoms with van der Waals surface area (Å²) < 4.78 is 4.91. The van der Waals surface area contributed by atoms with Gasteiger partial charge >= 0.3 is 0 Å². The first kappa shape index (κ1) is 12.6. The van der Waals surface area contributed by atoms with Gasteiger partial charge in [0.15, 0.2) is 5.78 Å². The van der Waals surface area contributed by atoms with E-state index in [0.29, 0.717) is 16.8 Å². The molecule has 0 amide bonds. The summed E-state index contributed by atoms with van der Waals surface area (Å²) in [6.07, 6.45) is 0. The Kier molecular flexibility index (Phi) is 2.62. The Morgan fingerprint density at radius 1 is 1.00 bits per heavy atom. The molecule has 4 rings (SSSR count). The van der Waals surface area contributed by atoms with E-state index in [1.807, 2.05) is 24.3 Å². The summed E-state index contributed by atoms with van der Waals surface area (Å²) in [6.45, 7) is 0. The molecule has 3 N–H and O–H groups in total. The number of aromatic nitrogens is 1. The third kappa shape index (κ3) is 1.46. The van der Waals surface area contributed by atoms with Gasteiger partial charge in [0, 0.05) is 50.4 Å². The average Bonchev–Trinajstić information content (AvgIpc) is 2.84. The lowest BCUT2D eigenvalue weighted by atomic mass is 9.87. The summed E-state index contributed by atoms with van der Waals surface area (Å²) in [5, 5.41) is 2.05. The first-order valence-corrected chi connectivity index (χ1v) is 8.37. The zero-order valence-corrected chi connectivity index (χ0v) is 14.1. The molecule has 0 spiro atoms. The van der Waals surface area contributed by atoms with Crippen LogP contribution in [0.4, 0.5) is 5.69 Å². The Morgan fingerprint density at radius 3 is 2.50 bits per heavy atom. The van der Waals surface area contributed by atoms with Crippen molar-refractivity contribution in [1.82, 2.24) is 4.75 Å². The van der Waals surface area contributed by atoms with Crippen molar-refractivity contribution in [2.45, 2.75) is 0 Å². The number of ketones is 1. The van der Waals surface area contributed by atoms with Crippen molar-refractivity contribution in [2.24, 2.45) is 0 Å². The fraction of sp³-hybridized carbons (Fsp3) is 0. The third-order valence-corrected chi connectivity index (χ3v) is 5.90. The maximum atomic E-state index is 12.9. The molecule has 1 heterocycles. The van der Waals surface area contributed by atoms with Crippen LogP contribution in [0.3, 0.4) is 0 Å². The van der Waals surface area contributed by atoms with Gasteiger partial charge in [-0.15, -0.1) is 0 Å². The maximum Gasteiger partial charge on any atom is 0.196 e. The summed E-state index contributed by atoms with van der Waals surface area (Å²) in [4.78, 5) is 12.9. The first-order chi connectivity index (χ1) is 9.59. The fourth-order valence-corrected chi connectivity index (χ4v) is 4.82. The van der Waals surface area contributed by atoms with Gasteiger partial charge < -0.3 is 10.5 Å². The molecule has 0 fully saturated rings. The van der Waals surface area contributed by atoms with Crippen LogP contribution in [0, 0.1) is 0 Å². The number of fused-ring (bicyclic) bond motifs is 2. The van der Waals surface area contributed by atoms with E-state index in [2.05, 4.69) is 36.6 Å². The van der Waals surface area contributed by atoms with Crippen molar-refractivity contribution in [3.05, 3.63) is 44.3 Å². The van der Waals surface area contributed by atoms with Crippen molar-refractivity contribution < 1.29 is 4.79 Å². The molecule has 3 aromatic rings. The summed E-state index contributed by atoms with van der Waals surface area (Å²) in [5.41, 5.74) is 9.96. The lowest BCUT2D eigenvalue weighted by molar-refractivity contribution is 0.103. The predicted octanol–water partition coefficient (Wildman–Crippen LogP) is 5.07. The number of halogens is 2. The number of benzene rings is 2. The van der Waals surface area contributed by atoms with E-state index in [1.165, 1.54) is 0 Å². The molecule has 0 aliphatic heterocycles. The highest BCUT2D eigenvalue weighted by atomic mass is 79.9. The van der Waals surface area contributed by atoms with Crippen molar-refractivity contribution >= 4 is 62.6 Å². The second kappa shape index (κ2) is 4.17. The van der Waals surface area contributed by atoms with E-state index in [0.717, 1.165) is 39.1 Å². The second-order valence-electron chi connectivity index (χ2n) is 4.63. The quantitative estimate of drug-likeness (QED) is 0.398. The normalized spacial score (nSPS) is 13.2. The van der Waals surface area contributed by atoms with Gasteiger partial charge in [-0.3, -0.25) is 4.79 Å². The number of hydrogen-bond donors (Lipinski definition) is 2. The Bertz CT molecular complexity index is 917. The number of nitrogens with one attached hydrogen (secondary N) is 1. The van der Waals surface area contributed by atoms with Crippen LogP contribution in [0.2, 0.25) is 0 Å². The average molecular weight is 410 g/mol. The minimum Gasteiger partial charge on any atom is -0.398 e. The summed E-state index contributed by atoms with van der Waals surface area (Å²) >= 11 is 6.97. The molecule has 0 saturated carbocycles. The molecule has 1 aliphatic rings. The summed E-state index contributed by atoms with van der Waals surface area (Å²) in [7, 11) is 0.965. The summed E-state index contributed by atoms with van der Waals surface area (Å²) in [6, 6.07) is 7.55. The molecular formula is C14H7Br2N2OP. The van der Waals surface area contributed by atoms with E-state index >= 15 is 0 Å². The molecule has 1 aliphatic carbocycles. The lowest BCUT2D eigenvalue weighted by Gasteiger charge is -2.19. The number of carbonyl (C=O) groups is 1. The molecule has 1 aromatic heterocycles. The Balaban J connectivity index is 2.29. The molecule has 0 bridgehead atoms.